The highest BCUT2D eigenvalue weighted by Crippen LogP contribution is 2.15. The predicted octanol–water partition coefficient (Wildman–Crippen LogP) is 0.713. The lowest BCUT2D eigenvalue weighted by Crippen LogP contribution is -2.57. The van der Waals surface area contributed by atoms with Gasteiger partial charge in [-0.2, -0.15) is 0 Å². The smallest absolute Gasteiger partial charge is 0.237 e. The summed E-state index contributed by atoms with van der Waals surface area (Å²) in [5.74, 6) is -0.279. The molecule has 1 aliphatic rings. The quantitative estimate of drug-likeness (QED) is 0.744. The second-order valence-corrected chi connectivity index (χ2v) is 5.54. The lowest BCUT2D eigenvalue weighted by Gasteiger charge is -2.38. The van der Waals surface area contributed by atoms with Crippen LogP contribution in [0.5, 0.6) is 0 Å². The van der Waals surface area contributed by atoms with Crippen molar-refractivity contribution in [1.29, 1.82) is 0 Å². The van der Waals surface area contributed by atoms with Gasteiger partial charge in [0.1, 0.15) is 0 Å². The maximum atomic E-state index is 11.2. The van der Waals surface area contributed by atoms with Crippen LogP contribution in [0.2, 0.25) is 0 Å². The normalized spacial score (nSPS) is 20.3. The topological polar surface area (TPSA) is 58.4 Å². The summed E-state index contributed by atoms with van der Waals surface area (Å²) < 4.78 is 0. The van der Waals surface area contributed by atoms with E-state index in [9.17, 15) is 4.79 Å². The Kier molecular flexibility index (Phi) is 4.33. The number of carbonyl (C=O) groups is 1. The maximum absolute atomic E-state index is 11.2. The fraction of sp³-hybridized carbons (Fsp3) is 0.917. The van der Waals surface area contributed by atoms with Crippen LogP contribution in [0.15, 0.2) is 0 Å². The molecule has 1 saturated heterocycles. The highest BCUT2D eigenvalue weighted by molar-refractivity contribution is 5.83. The summed E-state index contributed by atoms with van der Waals surface area (Å²) in [6.45, 7) is 10.4. The zero-order valence-electron chi connectivity index (χ0n) is 10.9. The standard InChI is InChI=1S/C12H25N3O/c1-9(2)15-7-5-10(6-8-15)14-12(3,4)11(13)16/h9-10,14H,5-8H2,1-4H3,(H2,13,16). The molecule has 0 bridgehead atoms. The first-order valence-corrected chi connectivity index (χ1v) is 6.14. The van der Waals surface area contributed by atoms with Gasteiger partial charge in [-0.3, -0.25) is 4.79 Å². The van der Waals surface area contributed by atoms with Crippen LogP contribution in [0.1, 0.15) is 40.5 Å². The van der Waals surface area contributed by atoms with Gasteiger partial charge in [-0.25, -0.2) is 0 Å². The molecule has 0 radical (unpaired) electrons. The lowest BCUT2D eigenvalue weighted by atomic mass is 9.97. The van der Waals surface area contributed by atoms with E-state index in [-0.39, 0.29) is 5.91 Å². The molecule has 0 atom stereocenters. The summed E-state index contributed by atoms with van der Waals surface area (Å²) in [4.78, 5) is 13.7. The van der Waals surface area contributed by atoms with Gasteiger partial charge in [0.15, 0.2) is 0 Å². The lowest BCUT2D eigenvalue weighted by molar-refractivity contribution is -0.123. The van der Waals surface area contributed by atoms with Crippen molar-refractivity contribution >= 4 is 5.91 Å². The van der Waals surface area contributed by atoms with Crippen LogP contribution in [0.25, 0.3) is 0 Å². The second-order valence-electron chi connectivity index (χ2n) is 5.54. The van der Waals surface area contributed by atoms with Gasteiger partial charge in [0.2, 0.25) is 5.91 Å². The fourth-order valence-corrected chi connectivity index (χ4v) is 2.14. The summed E-state index contributed by atoms with van der Waals surface area (Å²) in [6, 6.07) is 1.03. The van der Waals surface area contributed by atoms with E-state index in [1.165, 1.54) is 0 Å². The van der Waals surface area contributed by atoms with Crippen molar-refractivity contribution in [3.63, 3.8) is 0 Å². The number of hydrogen-bond donors (Lipinski definition) is 2. The van der Waals surface area contributed by atoms with Crippen LogP contribution in [0.4, 0.5) is 0 Å². The van der Waals surface area contributed by atoms with Gasteiger partial charge in [0.05, 0.1) is 5.54 Å². The monoisotopic (exact) mass is 227 g/mol. The van der Waals surface area contributed by atoms with Crippen LogP contribution < -0.4 is 11.1 Å². The molecule has 0 aromatic carbocycles. The first-order chi connectivity index (χ1) is 7.33. The molecular formula is C12H25N3O. The molecule has 0 aromatic heterocycles. The van der Waals surface area contributed by atoms with E-state index in [4.69, 9.17) is 5.73 Å². The van der Waals surface area contributed by atoms with E-state index in [1.54, 1.807) is 0 Å². The number of piperidine rings is 1. The van der Waals surface area contributed by atoms with Crippen LogP contribution >= 0.6 is 0 Å². The summed E-state index contributed by atoms with van der Waals surface area (Å²) in [5.41, 5.74) is 4.76. The Bertz CT molecular complexity index is 243. The minimum absolute atomic E-state index is 0.279. The van der Waals surface area contributed by atoms with Crippen molar-refractivity contribution in [1.82, 2.24) is 10.2 Å². The van der Waals surface area contributed by atoms with Gasteiger partial charge < -0.3 is 16.0 Å². The third kappa shape index (κ3) is 3.46. The first kappa shape index (κ1) is 13.5. The average Bonchev–Trinajstić information content (AvgIpc) is 2.17. The maximum Gasteiger partial charge on any atom is 0.237 e. The highest BCUT2D eigenvalue weighted by atomic mass is 16.1. The minimum Gasteiger partial charge on any atom is -0.368 e. The Morgan fingerprint density at radius 1 is 1.38 bits per heavy atom. The van der Waals surface area contributed by atoms with Crippen molar-refractivity contribution in [2.75, 3.05) is 13.1 Å². The number of hydrogen-bond acceptors (Lipinski definition) is 3. The largest absolute Gasteiger partial charge is 0.368 e. The second kappa shape index (κ2) is 5.15. The summed E-state index contributed by atoms with van der Waals surface area (Å²) in [7, 11) is 0. The molecule has 0 saturated carbocycles. The van der Waals surface area contributed by atoms with E-state index in [0.717, 1.165) is 25.9 Å². The molecule has 1 fully saturated rings. The first-order valence-electron chi connectivity index (χ1n) is 6.14. The minimum atomic E-state index is -0.593. The Labute approximate surface area is 98.6 Å². The molecule has 94 valence electrons. The van der Waals surface area contributed by atoms with Crippen molar-refractivity contribution in [2.24, 2.45) is 5.73 Å². The Morgan fingerprint density at radius 3 is 2.25 bits per heavy atom. The molecule has 0 aliphatic carbocycles. The molecule has 1 rings (SSSR count). The molecular weight excluding hydrogens is 202 g/mol. The molecule has 1 amide bonds. The Hall–Kier alpha value is -0.610. The molecule has 0 spiro atoms. The van der Waals surface area contributed by atoms with E-state index >= 15 is 0 Å². The fourth-order valence-electron chi connectivity index (χ4n) is 2.14. The molecule has 1 aliphatic heterocycles. The van der Waals surface area contributed by atoms with Crippen LogP contribution in [-0.4, -0.2) is 41.5 Å². The SMILES string of the molecule is CC(C)N1CCC(NC(C)(C)C(N)=O)CC1. The number of carbonyl (C=O) groups excluding carboxylic acids is 1. The summed E-state index contributed by atoms with van der Waals surface area (Å²) >= 11 is 0. The predicted molar refractivity (Wildman–Crippen MR) is 66.1 cm³/mol. The van der Waals surface area contributed by atoms with E-state index in [2.05, 4.69) is 24.1 Å². The Morgan fingerprint density at radius 2 is 1.88 bits per heavy atom. The highest BCUT2D eigenvalue weighted by Gasteiger charge is 2.30. The van der Waals surface area contributed by atoms with Crippen molar-refractivity contribution in [3.05, 3.63) is 0 Å². The summed E-state index contributed by atoms with van der Waals surface area (Å²) in [6.07, 6.45) is 2.18. The van der Waals surface area contributed by atoms with E-state index < -0.39 is 5.54 Å². The van der Waals surface area contributed by atoms with Crippen LogP contribution in [-0.2, 0) is 4.79 Å². The number of nitrogens with two attached hydrogens (primary N) is 1. The van der Waals surface area contributed by atoms with Gasteiger partial charge in [-0.15, -0.1) is 0 Å². The van der Waals surface area contributed by atoms with Gasteiger partial charge in [-0.1, -0.05) is 0 Å². The number of rotatable bonds is 4. The number of likely N-dealkylation sites (tertiary alicyclic amines) is 1. The van der Waals surface area contributed by atoms with Crippen molar-refractivity contribution in [3.8, 4) is 0 Å². The third-order valence-electron chi connectivity index (χ3n) is 3.44. The summed E-state index contributed by atoms with van der Waals surface area (Å²) in [5, 5.41) is 3.35. The molecule has 3 N–H and O–H groups in total. The molecule has 0 aromatic rings. The van der Waals surface area contributed by atoms with Crippen molar-refractivity contribution < 1.29 is 4.79 Å². The number of amides is 1. The van der Waals surface area contributed by atoms with Crippen LogP contribution in [0, 0.1) is 0 Å². The molecule has 16 heavy (non-hydrogen) atoms. The van der Waals surface area contributed by atoms with Gasteiger partial charge in [0, 0.05) is 12.1 Å². The van der Waals surface area contributed by atoms with Crippen molar-refractivity contribution in [2.45, 2.75) is 58.2 Å². The zero-order valence-corrected chi connectivity index (χ0v) is 10.9. The third-order valence-corrected chi connectivity index (χ3v) is 3.44. The van der Waals surface area contributed by atoms with E-state index in [1.807, 2.05) is 13.8 Å². The van der Waals surface area contributed by atoms with Crippen LogP contribution in [0.3, 0.4) is 0 Å². The molecule has 1 heterocycles. The van der Waals surface area contributed by atoms with E-state index in [0.29, 0.717) is 12.1 Å². The average molecular weight is 227 g/mol. The molecule has 4 nitrogen and oxygen atoms in total. The number of nitrogens with one attached hydrogen (secondary N) is 1. The van der Waals surface area contributed by atoms with Gasteiger partial charge in [-0.05, 0) is 53.6 Å². The Balaban J connectivity index is 2.40. The number of primary amides is 1. The van der Waals surface area contributed by atoms with Gasteiger partial charge in [0.25, 0.3) is 0 Å². The molecule has 4 heteroatoms. The van der Waals surface area contributed by atoms with Gasteiger partial charge >= 0.3 is 0 Å². The molecule has 0 unspecified atom stereocenters. The number of nitrogens with zero attached hydrogens (tertiary/aromatic N) is 1. The zero-order chi connectivity index (χ0) is 12.3.